The van der Waals surface area contributed by atoms with Crippen molar-refractivity contribution in [1.82, 2.24) is 0 Å². The van der Waals surface area contributed by atoms with Crippen LogP contribution in [0.3, 0.4) is 0 Å². The SMILES string of the molecule is Cc1ccc(S(=O)(=O)/C(=C(\[Se]c2ccccc2)c2ccccc2)C2(O)CCCCC2)cc1. The van der Waals surface area contributed by atoms with Crippen LogP contribution >= 0.6 is 0 Å². The Hall–Kier alpha value is -2.17. The topological polar surface area (TPSA) is 54.4 Å². The maximum atomic E-state index is 14.1. The number of benzene rings is 3. The minimum absolute atomic E-state index is 0.198. The zero-order valence-electron chi connectivity index (χ0n) is 18.2. The van der Waals surface area contributed by atoms with E-state index in [0.29, 0.717) is 12.8 Å². The van der Waals surface area contributed by atoms with Crippen molar-refractivity contribution in [2.45, 2.75) is 49.5 Å². The first-order chi connectivity index (χ1) is 15.4. The molecule has 0 aliphatic heterocycles. The Morgan fingerprint density at radius 2 is 1.38 bits per heavy atom. The van der Waals surface area contributed by atoms with Crippen LogP contribution in [0.25, 0.3) is 4.47 Å². The Morgan fingerprint density at radius 3 is 1.97 bits per heavy atom. The summed E-state index contributed by atoms with van der Waals surface area (Å²) in [6.45, 7) is 1.94. The monoisotopic (exact) mass is 512 g/mol. The summed E-state index contributed by atoms with van der Waals surface area (Å²) in [5, 5.41) is 11.9. The molecule has 0 atom stereocenters. The number of sulfone groups is 1. The van der Waals surface area contributed by atoms with Crippen LogP contribution < -0.4 is 4.46 Å². The summed E-state index contributed by atoms with van der Waals surface area (Å²) in [6.07, 6.45) is 3.60. The van der Waals surface area contributed by atoms with E-state index in [1.807, 2.05) is 79.7 Å². The predicted octanol–water partition coefficient (Wildman–Crippen LogP) is 4.86. The van der Waals surface area contributed by atoms with Crippen LogP contribution in [0.2, 0.25) is 0 Å². The first-order valence-electron chi connectivity index (χ1n) is 11.0. The third-order valence-electron chi connectivity index (χ3n) is 5.91. The fourth-order valence-corrected chi connectivity index (χ4v) is 9.15. The Labute approximate surface area is 197 Å². The second kappa shape index (κ2) is 9.76. The summed E-state index contributed by atoms with van der Waals surface area (Å²) < 4.78 is 30.1. The van der Waals surface area contributed by atoms with E-state index in [9.17, 15) is 13.5 Å². The quantitative estimate of drug-likeness (QED) is 0.481. The molecule has 0 heterocycles. The Kier molecular flexibility index (Phi) is 7.02. The zero-order chi connectivity index (χ0) is 22.6. The summed E-state index contributed by atoms with van der Waals surface area (Å²) in [7, 11) is -3.90. The van der Waals surface area contributed by atoms with E-state index in [-0.39, 0.29) is 24.8 Å². The van der Waals surface area contributed by atoms with Crippen molar-refractivity contribution in [2.24, 2.45) is 0 Å². The van der Waals surface area contributed by atoms with Gasteiger partial charge in [-0.05, 0) is 0 Å². The average molecular weight is 512 g/mol. The van der Waals surface area contributed by atoms with Gasteiger partial charge in [0.1, 0.15) is 0 Å². The van der Waals surface area contributed by atoms with E-state index in [0.717, 1.165) is 39.3 Å². The molecule has 1 aliphatic carbocycles. The van der Waals surface area contributed by atoms with Crippen molar-refractivity contribution in [3.63, 3.8) is 0 Å². The fraction of sp³-hybridized carbons (Fsp3) is 0.259. The minimum atomic E-state index is -3.90. The number of hydrogen-bond donors (Lipinski definition) is 1. The second-order valence-electron chi connectivity index (χ2n) is 8.35. The summed E-state index contributed by atoms with van der Waals surface area (Å²) in [5.41, 5.74) is 0.507. The van der Waals surface area contributed by atoms with Gasteiger partial charge in [-0.2, -0.15) is 0 Å². The zero-order valence-corrected chi connectivity index (χ0v) is 20.7. The standard InChI is InChI=1S/C27H28O3SSe/c1-21-15-17-23(18-16-21)31(29,30)26(27(28)19-9-4-10-20-27)25(22-11-5-2-6-12-22)32-24-13-7-3-8-14-24/h2-3,5-8,11-18,28H,4,9-10,19-20H2,1H3/b26-25-. The molecule has 0 bridgehead atoms. The molecule has 0 spiro atoms. The Balaban J connectivity index is 2.00. The Morgan fingerprint density at radius 1 is 0.812 bits per heavy atom. The Bertz CT molecular complexity index is 1180. The summed E-state index contributed by atoms with van der Waals surface area (Å²) >= 11 is -0.289. The van der Waals surface area contributed by atoms with Gasteiger partial charge < -0.3 is 0 Å². The van der Waals surface area contributed by atoms with Gasteiger partial charge in [0, 0.05) is 0 Å². The van der Waals surface area contributed by atoms with Gasteiger partial charge in [0.25, 0.3) is 0 Å². The van der Waals surface area contributed by atoms with Gasteiger partial charge in [-0.25, -0.2) is 0 Å². The normalized spacial score (nSPS) is 16.9. The van der Waals surface area contributed by atoms with Crippen LogP contribution in [0.4, 0.5) is 0 Å². The third-order valence-corrected chi connectivity index (χ3v) is 10.6. The number of rotatable bonds is 6. The molecule has 166 valence electrons. The predicted molar refractivity (Wildman–Crippen MR) is 132 cm³/mol. The molecule has 1 aliphatic rings. The molecule has 4 rings (SSSR count). The molecule has 3 aromatic carbocycles. The third kappa shape index (κ3) is 4.92. The van der Waals surface area contributed by atoms with Crippen LogP contribution in [0.5, 0.6) is 0 Å². The van der Waals surface area contributed by atoms with E-state index >= 15 is 0 Å². The van der Waals surface area contributed by atoms with Crippen molar-refractivity contribution in [3.05, 3.63) is 101 Å². The fourth-order valence-electron chi connectivity index (χ4n) is 4.21. The van der Waals surface area contributed by atoms with E-state index < -0.39 is 15.4 Å². The molecule has 3 aromatic rings. The first kappa shape index (κ1) is 23.0. The van der Waals surface area contributed by atoms with Crippen LogP contribution in [-0.4, -0.2) is 34.1 Å². The van der Waals surface area contributed by atoms with Crippen LogP contribution in [0.1, 0.15) is 43.2 Å². The molecular formula is C27H28O3SSe. The van der Waals surface area contributed by atoms with E-state index in [1.165, 1.54) is 0 Å². The van der Waals surface area contributed by atoms with E-state index in [4.69, 9.17) is 0 Å². The van der Waals surface area contributed by atoms with Crippen molar-refractivity contribution in [3.8, 4) is 0 Å². The average Bonchev–Trinajstić information content (AvgIpc) is 2.80. The van der Waals surface area contributed by atoms with Crippen LogP contribution in [0, 0.1) is 6.92 Å². The molecule has 3 nitrogen and oxygen atoms in total. The molecule has 5 heteroatoms. The van der Waals surface area contributed by atoms with Gasteiger partial charge in [-0.3, -0.25) is 0 Å². The molecule has 32 heavy (non-hydrogen) atoms. The molecular weight excluding hydrogens is 483 g/mol. The molecule has 1 N–H and O–H groups in total. The van der Waals surface area contributed by atoms with E-state index in [2.05, 4.69) is 0 Å². The van der Waals surface area contributed by atoms with Gasteiger partial charge in [0.05, 0.1) is 0 Å². The molecule has 1 fully saturated rings. The summed E-state index contributed by atoms with van der Waals surface area (Å²) in [6, 6.07) is 26.6. The molecule has 1 saturated carbocycles. The number of aryl methyl sites for hydroxylation is 1. The van der Waals surface area contributed by atoms with Gasteiger partial charge in [-0.15, -0.1) is 0 Å². The molecule has 0 saturated heterocycles. The summed E-state index contributed by atoms with van der Waals surface area (Å²) in [4.78, 5) is 0.443. The van der Waals surface area contributed by atoms with E-state index in [1.54, 1.807) is 12.1 Å². The van der Waals surface area contributed by atoms with Crippen LogP contribution in [0.15, 0.2) is 94.7 Å². The van der Waals surface area contributed by atoms with Crippen molar-refractivity contribution < 1.29 is 13.5 Å². The molecule has 0 radical (unpaired) electrons. The van der Waals surface area contributed by atoms with Gasteiger partial charge >= 0.3 is 198 Å². The molecule has 0 amide bonds. The number of hydrogen-bond acceptors (Lipinski definition) is 3. The van der Waals surface area contributed by atoms with Gasteiger partial charge in [0.15, 0.2) is 0 Å². The van der Waals surface area contributed by atoms with Crippen molar-refractivity contribution >= 4 is 33.7 Å². The van der Waals surface area contributed by atoms with Gasteiger partial charge in [-0.1, -0.05) is 0 Å². The maximum absolute atomic E-state index is 14.1. The van der Waals surface area contributed by atoms with Crippen molar-refractivity contribution in [2.75, 3.05) is 0 Å². The molecule has 0 unspecified atom stereocenters. The molecule has 0 aromatic heterocycles. The van der Waals surface area contributed by atoms with Crippen LogP contribution in [-0.2, 0) is 9.84 Å². The number of aliphatic hydroxyl groups is 1. The van der Waals surface area contributed by atoms with Crippen molar-refractivity contribution in [1.29, 1.82) is 0 Å². The summed E-state index contributed by atoms with van der Waals surface area (Å²) in [5.74, 6) is 0. The van der Waals surface area contributed by atoms with Gasteiger partial charge in [0.2, 0.25) is 0 Å². The second-order valence-corrected chi connectivity index (χ2v) is 12.5. The first-order valence-corrected chi connectivity index (χ1v) is 14.2.